The molecule has 4 atom stereocenters. The Hall–Kier alpha value is -0.0800. The lowest BCUT2D eigenvalue weighted by Gasteiger charge is -2.42. The van der Waals surface area contributed by atoms with Crippen molar-refractivity contribution in [3.8, 4) is 0 Å². The lowest BCUT2D eigenvalue weighted by molar-refractivity contribution is 0.174. The molecule has 2 saturated carbocycles. The molecule has 0 radical (unpaired) electrons. The molecule has 2 fully saturated rings. The van der Waals surface area contributed by atoms with Gasteiger partial charge in [-0.3, -0.25) is 0 Å². The van der Waals surface area contributed by atoms with Gasteiger partial charge in [0.05, 0.1) is 0 Å². The zero-order valence-corrected chi connectivity index (χ0v) is 11.0. The Kier molecular flexibility index (Phi) is 3.91. The highest BCUT2D eigenvalue weighted by Crippen LogP contribution is 2.34. The first kappa shape index (κ1) is 12.4. The molecule has 2 heteroatoms. The third-order valence-corrected chi connectivity index (χ3v) is 4.69. The molecule has 2 rings (SSSR count). The standard InChI is InChI=1S/C14H28N2/c1-11-5-6-13(8-11)16-14(10-15)7-3-4-12(2)9-14/h11-13,16H,3-10,15H2,1-2H3. The third kappa shape index (κ3) is 2.78. The summed E-state index contributed by atoms with van der Waals surface area (Å²) in [4.78, 5) is 0. The summed E-state index contributed by atoms with van der Waals surface area (Å²) in [6, 6.07) is 0.740. The molecule has 0 bridgehead atoms. The Bertz CT molecular complexity index is 229. The highest BCUT2D eigenvalue weighted by atomic mass is 15.0. The predicted molar refractivity (Wildman–Crippen MR) is 69.4 cm³/mol. The Balaban J connectivity index is 1.93. The highest BCUT2D eigenvalue weighted by molar-refractivity contribution is 4.97. The third-order valence-electron chi connectivity index (χ3n) is 4.69. The minimum absolute atomic E-state index is 0.270. The van der Waals surface area contributed by atoms with Crippen LogP contribution in [0.3, 0.4) is 0 Å². The number of nitrogens with two attached hydrogens (primary N) is 1. The number of hydrogen-bond donors (Lipinski definition) is 2. The molecule has 0 amide bonds. The van der Waals surface area contributed by atoms with E-state index in [-0.39, 0.29) is 5.54 Å². The van der Waals surface area contributed by atoms with Gasteiger partial charge in [-0.15, -0.1) is 0 Å². The first-order chi connectivity index (χ1) is 7.63. The maximum Gasteiger partial charge on any atom is 0.0308 e. The van der Waals surface area contributed by atoms with E-state index in [4.69, 9.17) is 5.73 Å². The van der Waals surface area contributed by atoms with E-state index >= 15 is 0 Å². The van der Waals surface area contributed by atoms with Crippen LogP contribution in [-0.4, -0.2) is 18.1 Å². The van der Waals surface area contributed by atoms with Crippen LogP contribution in [0.5, 0.6) is 0 Å². The van der Waals surface area contributed by atoms with Gasteiger partial charge in [0.25, 0.3) is 0 Å². The molecule has 0 aromatic heterocycles. The fourth-order valence-electron chi connectivity index (χ4n) is 3.81. The molecule has 4 unspecified atom stereocenters. The van der Waals surface area contributed by atoms with Crippen molar-refractivity contribution < 1.29 is 0 Å². The summed E-state index contributed by atoms with van der Waals surface area (Å²) < 4.78 is 0. The van der Waals surface area contributed by atoms with Crippen molar-refractivity contribution in [2.45, 2.75) is 70.4 Å². The lowest BCUT2D eigenvalue weighted by atomic mass is 9.76. The van der Waals surface area contributed by atoms with Crippen LogP contribution in [0.25, 0.3) is 0 Å². The molecule has 2 aliphatic rings. The SMILES string of the molecule is CC1CCC(NC2(CN)CCCC(C)C2)C1. The largest absolute Gasteiger partial charge is 0.329 e. The Morgan fingerprint density at radius 1 is 1.19 bits per heavy atom. The van der Waals surface area contributed by atoms with Crippen LogP contribution < -0.4 is 11.1 Å². The number of hydrogen-bond acceptors (Lipinski definition) is 2. The molecule has 3 N–H and O–H groups in total. The van der Waals surface area contributed by atoms with Gasteiger partial charge in [-0.25, -0.2) is 0 Å². The van der Waals surface area contributed by atoms with Crippen LogP contribution in [-0.2, 0) is 0 Å². The monoisotopic (exact) mass is 224 g/mol. The van der Waals surface area contributed by atoms with Crippen molar-refractivity contribution in [3.05, 3.63) is 0 Å². The average molecular weight is 224 g/mol. The van der Waals surface area contributed by atoms with E-state index < -0.39 is 0 Å². The topological polar surface area (TPSA) is 38.0 Å². The summed E-state index contributed by atoms with van der Waals surface area (Å²) in [6.07, 6.45) is 9.44. The molecule has 94 valence electrons. The molecular weight excluding hydrogens is 196 g/mol. The Morgan fingerprint density at radius 3 is 2.56 bits per heavy atom. The lowest BCUT2D eigenvalue weighted by Crippen LogP contribution is -2.56. The molecule has 0 saturated heterocycles. The average Bonchev–Trinajstić information content (AvgIpc) is 2.64. The van der Waals surface area contributed by atoms with E-state index in [1.54, 1.807) is 0 Å². The molecule has 0 aromatic rings. The second kappa shape index (κ2) is 5.05. The molecule has 0 heterocycles. The van der Waals surface area contributed by atoms with Gasteiger partial charge in [-0.1, -0.05) is 26.7 Å². The van der Waals surface area contributed by atoms with Gasteiger partial charge < -0.3 is 11.1 Å². The predicted octanol–water partition coefficient (Wildman–Crippen LogP) is 2.67. The molecule has 0 aromatic carbocycles. The molecule has 16 heavy (non-hydrogen) atoms. The van der Waals surface area contributed by atoms with Crippen molar-refractivity contribution in [1.82, 2.24) is 5.32 Å². The summed E-state index contributed by atoms with van der Waals surface area (Å²) in [5.41, 5.74) is 6.32. The summed E-state index contributed by atoms with van der Waals surface area (Å²) in [5, 5.41) is 3.92. The van der Waals surface area contributed by atoms with Crippen LogP contribution in [0.1, 0.15) is 58.8 Å². The molecular formula is C14H28N2. The van der Waals surface area contributed by atoms with Crippen molar-refractivity contribution in [2.24, 2.45) is 17.6 Å². The van der Waals surface area contributed by atoms with Crippen LogP contribution in [0.2, 0.25) is 0 Å². The van der Waals surface area contributed by atoms with Gasteiger partial charge in [0.15, 0.2) is 0 Å². The van der Waals surface area contributed by atoms with Crippen LogP contribution in [0.4, 0.5) is 0 Å². The van der Waals surface area contributed by atoms with Gasteiger partial charge in [0.1, 0.15) is 0 Å². The van der Waals surface area contributed by atoms with Crippen molar-refractivity contribution >= 4 is 0 Å². The van der Waals surface area contributed by atoms with Crippen LogP contribution in [0.15, 0.2) is 0 Å². The number of rotatable bonds is 3. The summed E-state index contributed by atoms with van der Waals surface area (Å²) in [6.45, 7) is 5.57. The van der Waals surface area contributed by atoms with Gasteiger partial charge >= 0.3 is 0 Å². The molecule has 0 spiro atoms. The second-order valence-corrected chi connectivity index (χ2v) is 6.45. The molecule has 2 aliphatic carbocycles. The highest BCUT2D eigenvalue weighted by Gasteiger charge is 2.36. The summed E-state index contributed by atoms with van der Waals surface area (Å²) >= 11 is 0. The normalized spacial score (nSPS) is 44.8. The Labute approximate surface area is 100 Å². The maximum atomic E-state index is 6.05. The second-order valence-electron chi connectivity index (χ2n) is 6.45. The van der Waals surface area contributed by atoms with E-state index in [9.17, 15) is 0 Å². The van der Waals surface area contributed by atoms with E-state index in [1.807, 2.05) is 0 Å². The van der Waals surface area contributed by atoms with Crippen LogP contribution in [0, 0.1) is 11.8 Å². The number of nitrogens with one attached hydrogen (secondary N) is 1. The van der Waals surface area contributed by atoms with Gasteiger partial charge in [-0.2, -0.15) is 0 Å². The molecule has 2 nitrogen and oxygen atoms in total. The summed E-state index contributed by atoms with van der Waals surface area (Å²) in [7, 11) is 0. The summed E-state index contributed by atoms with van der Waals surface area (Å²) in [5.74, 6) is 1.76. The van der Waals surface area contributed by atoms with Crippen molar-refractivity contribution in [1.29, 1.82) is 0 Å². The molecule has 0 aliphatic heterocycles. The maximum absolute atomic E-state index is 6.05. The van der Waals surface area contributed by atoms with E-state index in [0.717, 1.165) is 24.4 Å². The quantitative estimate of drug-likeness (QED) is 0.773. The van der Waals surface area contributed by atoms with Crippen molar-refractivity contribution in [2.75, 3.05) is 6.54 Å². The van der Waals surface area contributed by atoms with E-state index in [2.05, 4.69) is 19.2 Å². The smallest absolute Gasteiger partial charge is 0.0308 e. The zero-order chi connectivity index (χ0) is 11.6. The fraction of sp³-hybridized carbons (Fsp3) is 1.00. The Morgan fingerprint density at radius 2 is 2.00 bits per heavy atom. The fourth-order valence-corrected chi connectivity index (χ4v) is 3.81. The van der Waals surface area contributed by atoms with Crippen molar-refractivity contribution in [3.63, 3.8) is 0 Å². The first-order valence-corrected chi connectivity index (χ1v) is 7.11. The van der Waals surface area contributed by atoms with Crippen LogP contribution >= 0.6 is 0 Å². The van der Waals surface area contributed by atoms with Gasteiger partial charge in [-0.05, 0) is 43.9 Å². The first-order valence-electron chi connectivity index (χ1n) is 7.11. The van der Waals surface area contributed by atoms with Gasteiger partial charge in [0.2, 0.25) is 0 Å². The van der Waals surface area contributed by atoms with E-state index in [1.165, 1.54) is 44.9 Å². The van der Waals surface area contributed by atoms with E-state index in [0.29, 0.717) is 0 Å². The van der Waals surface area contributed by atoms with Gasteiger partial charge in [0, 0.05) is 18.1 Å². The minimum Gasteiger partial charge on any atom is -0.329 e. The minimum atomic E-state index is 0.270. The zero-order valence-electron chi connectivity index (χ0n) is 11.0.